The third-order valence-corrected chi connectivity index (χ3v) is 5.12. The first-order chi connectivity index (χ1) is 14.7. The zero-order chi connectivity index (χ0) is 22.7. The second kappa shape index (κ2) is 9.02. The molecule has 10 nitrogen and oxygen atoms in total. The SMILES string of the molecule is N[C@H]1Cc2cc(ccc2O)-c2ccc(O)c(c2)C[C@@H](C(=O)O)NC(=O)[C@H](CO)NC1=O. The van der Waals surface area contributed by atoms with E-state index >= 15 is 0 Å². The Labute approximate surface area is 177 Å². The standard InChI is InChI=1S/C21H23N3O7/c22-14-7-12-5-10(1-3-17(12)26)11-2-4-18(27)13(6-11)8-15(21(30)31)23-20(29)16(9-25)24-19(14)28/h1-6,14-16,25-27H,7-9,22H2,(H,23,29)(H,24,28)(H,30,31)/t14-,15-,16-/m0/s1. The lowest BCUT2D eigenvalue weighted by Gasteiger charge is -2.21. The minimum Gasteiger partial charge on any atom is -0.508 e. The highest BCUT2D eigenvalue weighted by Crippen LogP contribution is 2.30. The Morgan fingerprint density at radius 2 is 1.48 bits per heavy atom. The molecule has 1 heterocycles. The summed E-state index contributed by atoms with van der Waals surface area (Å²) in [5, 5.41) is 44.0. The molecule has 0 saturated carbocycles. The summed E-state index contributed by atoms with van der Waals surface area (Å²) in [6.07, 6.45) is -0.286. The Kier molecular flexibility index (Phi) is 6.42. The number of rotatable bonds is 2. The van der Waals surface area contributed by atoms with Gasteiger partial charge in [0.25, 0.3) is 0 Å². The van der Waals surface area contributed by atoms with Gasteiger partial charge in [-0.25, -0.2) is 4.79 Å². The number of aliphatic hydroxyl groups excluding tert-OH is 1. The molecule has 1 aliphatic rings. The zero-order valence-electron chi connectivity index (χ0n) is 16.4. The number of carbonyl (C=O) groups is 3. The molecule has 0 spiro atoms. The average molecular weight is 429 g/mol. The Hall–Kier alpha value is -3.63. The van der Waals surface area contributed by atoms with Gasteiger partial charge < -0.3 is 36.8 Å². The monoisotopic (exact) mass is 429 g/mol. The van der Waals surface area contributed by atoms with Crippen LogP contribution in [0, 0.1) is 0 Å². The summed E-state index contributed by atoms with van der Waals surface area (Å²) < 4.78 is 0. The normalized spacial score (nSPS) is 21.9. The van der Waals surface area contributed by atoms with E-state index in [1.165, 1.54) is 12.1 Å². The summed E-state index contributed by atoms with van der Waals surface area (Å²) in [4.78, 5) is 36.6. The van der Waals surface area contributed by atoms with Crippen LogP contribution in [0.1, 0.15) is 11.1 Å². The van der Waals surface area contributed by atoms with Gasteiger partial charge in [0, 0.05) is 12.8 Å². The summed E-state index contributed by atoms with van der Waals surface area (Å²) in [6, 6.07) is 5.34. The second-order valence-electron chi connectivity index (χ2n) is 7.34. The lowest BCUT2D eigenvalue weighted by Crippen LogP contribution is -2.56. The largest absolute Gasteiger partial charge is 0.508 e. The van der Waals surface area contributed by atoms with Crippen LogP contribution in [0.5, 0.6) is 11.5 Å². The second-order valence-corrected chi connectivity index (χ2v) is 7.34. The van der Waals surface area contributed by atoms with Crippen molar-refractivity contribution in [3.05, 3.63) is 47.5 Å². The topological polar surface area (TPSA) is 182 Å². The van der Waals surface area contributed by atoms with Crippen molar-refractivity contribution in [2.45, 2.75) is 31.0 Å². The minimum absolute atomic E-state index is 0.0477. The van der Waals surface area contributed by atoms with Crippen molar-refractivity contribution in [2.75, 3.05) is 6.61 Å². The van der Waals surface area contributed by atoms with Gasteiger partial charge >= 0.3 is 5.97 Å². The molecule has 0 aliphatic carbocycles. The highest BCUT2D eigenvalue weighted by atomic mass is 16.4. The first-order valence-electron chi connectivity index (χ1n) is 9.53. The molecule has 2 aromatic rings. The number of aliphatic hydroxyl groups is 1. The van der Waals surface area contributed by atoms with Crippen molar-refractivity contribution in [1.29, 1.82) is 0 Å². The molecular weight excluding hydrogens is 406 g/mol. The predicted molar refractivity (Wildman–Crippen MR) is 109 cm³/mol. The lowest BCUT2D eigenvalue weighted by atomic mass is 9.95. The predicted octanol–water partition coefficient (Wildman–Crippen LogP) is -0.763. The number of amides is 2. The van der Waals surface area contributed by atoms with E-state index in [1.54, 1.807) is 24.3 Å². The molecule has 3 rings (SSSR count). The first kappa shape index (κ1) is 22.1. The van der Waals surface area contributed by atoms with Gasteiger partial charge in [-0.3, -0.25) is 9.59 Å². The number of nitrogens with one attached hydrogen (secondary N) is 2. The highest BCUT2D eigenvalue weighted by Gasteiger charge is 2.29. The molecule has 164 valence electrons. The Balaban J connectivity index is 2.11. The van der Waals surface area contributed by atoms with Gasteiger partial charge in [-0.05, 0) is 46.5 Å². The average Bonchev–Trinajstić information content (AvgIpc) is 2.73. The van der Waals surface area contributed by atoms with Crippen LogP contribution in [0.3, 0.4) is 0 Å². The summed E-state index contributed by atoms with van der Waals surface area (Å²) >= 11 is 0. The minimum atomic E-state index is -1.43. The number of carbonyl (C=O) groups excluding carboxylic acids is 2. The van der Waals surface area contributed by atoms with Gasteiger partial charge in [-0.2, -0.15) is 0 Å². The number of nitrogens with two attached hydrogens (primary N) is 1. The molecule has 0 unspecified atom stereocenters. The number of hydrogen-bond acceptors (Lipinski definition) is 7. The summed E-state index contributed by atoms with van der Waals surface area (Å²) in [7, 11) is 0. The molecule has 2 aromatic carbocycles. The van der Waals surface area contributed by atoms with Gasteiger partial charge in [0.15, 0.2) is 0 Å². The number of carboxylic acid groups (broad SMARTS) is 1. The fourth-order valence-corrected chi connectivity index (χ4v) is 3.35. The number of phenols is 2. The van der Waals surface area contributed by atoms with Crippen molar-refractivity contribution in [2.24, 2.45) is 5.73 Å². The number of aliphatic carboxylic acids is 1. The van der Waals surface area contributed by atoms with Crippen molar-refractivity contribution < 1.29 is 34.8 Å². The third-order valence-electron chi connectivity index (χ3n) is 5.12. The highest BCUT2D eigenvalue weighted by molar-refractivity contribution is 5.92. The zero-order valence-corrected chi connectivity index (χ0v) is 16.4. The molecule has 0 saturated heterocycles. The van der Waals surface area contributed by atoms with Crippen LogP contribution in [-0.2, 0) is 27.2 Å². The molecule has 0 radical (unpaired) electrons. The van der Waals surface area contributed by atoms with Crippen molar-refractivity contribution in [1.82, 2.24) is 10.6 Å². The fourth-order valence-electron chi connectivity index (χ4n) is 3.35. The van der Waals surface area contributed by atoms with E-state index in [0.717, 1.165) is 0 Å². The third kappa shape index (κ3) is 4.93. The van der Waals surface area contributed by atoms with E-state index in [-0.39, 0.29) is 29.9 Å². The number of benzene rings is 2. The molecule has 2 amide bonds. The summed E-state index contributed by atoms with van der Waals surface area (Å²) in [6.45, 7) is -0.780. The number of carboxylic acids is 1. The van der Waals surface area contributed by atoms with E-state index in [9.17, 15) is 34.8 Å². The van der Waals surface area contributed by atoms with Crippen molar-refractivity contribution in [3.8, 4) is 22.6 Å². The lowest BCUT2D eigenvalue weighted by molar-refractivity contribution is -0.142. The van der Waals surface area contributed by atoms with Crippen LogP contribution in [0.4, 0.5) is 0 Å². The van der Waals surface area contributed by atoms with Crippen molar-refractivity contribution in [3.63, 3.8) is 0 Å². The molecule has 1 aliphatic heterocycles. The molecule has 31 heavy (non-hydrogen) atoms. The number of hydrogen-bond donors (Lipinski definition) is 7. The van der Waals surface area contributed by atoms with E-state index in [4.69, 9.17) is 5.73 Å². The Morgan fingerprint density at radius 1 is 0.935 bits per heavy atom. The molecule has 3 atom stereocenters. The fraction of sp³-hybridized carbons (Fsp3) is 0.286. The van der Waals surface area contributed by atoms with Crippen LogP contribution in [0.2, 0.25) is 0 Å². The van der Waals surface area contributed by atoms with Gasteiger partial charge in [-0.15, -0.1) is 0 Å². The van der Waals surface area contributed by atoms with Gasteiger partial charge in [0.1, 0.15) is 23.6 Å². The molecule has 0 fully saturated rings. The molecule has 4 bridgehead atoms. The maximum Gasteiger partial charge on any atom is 0.326 e. The summed E-state index contributed by atoms with van der Waals surface area (Å²) in [5.41, 5.74) is 7.87. The van der Waals surface area contributed by atoms with Gasteiger partial charge in [-0.1, -0.05) is 12.1 Å². The van der Waals surface area contributed by atoms with E-state index in [2.05, 4.69) is 10.6 Å². The number of aromatic hydroxyl groups is 2. The Bertz CT molecular complexity index is 1020. The molecule has 0 aromatic heterocycles. The van der Waals surface area contributed by atoms with Crippen LogP contribution >= 0.6 is 0 Å². The quantitative estimate of drug-likeness (QED) is 0.325. The van der Waals surface area contributed by atoms with E-state index in [0.29, 0.717) is 16.7 Å². The molecule has 8 N–H and O–H groups in total. The maximum atomic E-state index is 12.5. The smallest absolute Gasteiger partial charge is 0.326 e. The molecular formula is C21H23N3O7. The number of phenolic OH excluding ortho intramolecular Hbond substituents is 2. The maximum absolute atomic E-state index is 12.5. The van der Waals surface area contributed by atoms with Crippen molar-refractivity contribution >= 4 is 17.8 Å². The van der Waals surface area contributed by atoms with Crippen LogP contribution in [-0.4, -0.2) is 62.9 Å². The van der Waals surface area contributed by atoms with Crippen LogP contribution in [0.15, 0.2) is 36.4 Å². The Morgan fingerprint density at radius 3 is 2.00 bits per heavy atom. The van der Waals surface area contributed by atoms with Crippen LogP contribution in [0.25, 0.3) is 11.1 Å². The van der Waals surface area contributed by atoms with E-state index < -0.39 is 42.5 Å². The van der Waals surface area contributed by atoms with Gasteiger partial charge in [0.2, 0.25) is 11.8 Å². The first-order valence-corrected chi connectivity index (χ1v) is 9.53. The summed E-state index contributed by atoms with van der Waals surface area (Å²) in [5.74, 6) is -3.24. The van der Waals surface area contributed by atoms with Crippen LogP contribution < -0.4 is 16.4 Å². The van der Waals surface area contributed by atoms with Gasteiger partial charge in [0.05, 0.1) is 12.6 Å². The van der Waals surface area contributed by atoms with E-state index in [1.807, 2.05) is 0 Å². The molecule has 10 heteroatoms. The number of fused-ring (bicyclic) bond motifs is 5.